The molecule has 1 aliphatic rings. The molecule has 0 aliphatic carbocycles. The zero-order chi connectivity index (χ0) is 15.6. The lowest BCUT2D eigenvalue weighted by atomic mass is 10.1. The number of hydrogen-bond acceptors (Lipinski definition) is 6. The minimum Gasteiger partial charge on any atom is -0.409 e. The van der Waals surface area contributed by atoms with E-state index in [2.05, 4.69) is 5.16 Å². The molecule has 3 N–H and O–H groups in total. The number of likely N-dealkylation sites (N-methyl/N-ethyl adjacent to an activating group) is 1. The molecule has 1 heterocycles. The Balaban J connectivity index is 2.41. The molecule has 0 aromatic heterocycles. The quantitative estimate of drug-likeness (QED) is 0.284. The number of nitrogens with two attached hydrogens (primary N) is 1. The Morgan fingerprint density at radius 2 is 2.33 bits per heavy atom. The number of hydrogen-bond donors (Lipinski definition) is 2. The molecule has 1 aromatic carbocycles. The summed E-state index contributed by atoms with van der Waals surface area (Å²) in [5, 5.41) is 22.8. The van der Waals surface area contributed by atoms with E-state index in [1.54, 1.807) is 19.2 Å². The van der Waals surface area contributed by atoms with Crippen molar-refractivity contribution in [2.45, 2.75) is 25.5 Å². The van der Waals surface area contributed by atoms with Crippen molar-refractivity contribution in [3.63, 3.8) is 0 Å². The highest BCUT2D eigenvalue weighted by molar-refractivity contribution is 5.98. The standard InChI is InChI=1S/C13H18N4O4/c1-8-10(5-6-21-8)16(2)11-4-3-9(13(14)15-18)7-12(11)17(19)20/h3-4,7-8,10,18H,5-6H2,1-2H3,(H2,14,15). The minimum atomic E-state index is -0.472. The number of amidine groups is 1. The molecular formula is C13H18N4O4. The van der Waals surface area contributed by atoms with Crippen molar-refractivity contribution in [1.29, 1.82) is 0 Å². The highest BCUT2D eigenvalue weighted by atomic mass is 16.6. The van der Waals surface area contributed by atoms with Crippen molar-refractivity contribution in [2.24, 2.45) is 10.9 Å². The van der Waals surface area contributed by atoms with Gasteiger partial charge in [0, 0.05) is 25.3 Å². The highest BCUT2D eigenvalue weighted by Gasteiger charge is 2.31. The van der Waals surface area contributed by atoms with Crippen LogP contribution in [-0.2, 0) is 4.74 Å². The predicted molar refractivity (Wildman–Crippen MR) is 77.8 cm³/mol. The van der Waals surface area contributed by atoms with Crippen LogP contribution in [0.5, 0.6) is 0 Å². The molecule has 0 bridgehead atoms. The lowest BCUT2D eigenvalue weighted by Gasteiger charge is -2.28. The normalized spacial score (nSPS) is 22.3. The predicted octanol–water partition coefficient (Wildman–Crippen LogP) is 1.30. The van der Waals surface area contributed by atoms with Crippen molar-refractivity contribution >= 4 is 17.2 Å². The molecule has 2 rings (SSSR count). The molecule has 0 saturated carbocycles. The molecule has 2 unspecified atom stereocenters. The van der Waals surface area contributed by atoms with Crippen molar-refractivity contribution in [3.8, 4) is 0 Å². The van der Waals surface area contributed by atoms with Crippen LogP contribution in [0, 0.1) is 10.1 Å². The Kier molecular flexibility index (Phi) is 4.27. The number of rotatable bonds is 4. The first kappa shape index (κ1) is 15.0. The first-order chi connectivity index (χ1) is 9.95. The summed E-state index contributed by atoms with van der Waals surface area (Å²) in [6.07, 6.45) is 0.829. The summed E-state index contributed by atoms with van der Waals surface area (Å²) in [5.41, 5.74) is 6.18. The molecule has 114 valence electrons. The lowest BCUT2D eigenvalue weighted by Crippen LogP contribution is -2.37. The van der Waals surface area contributed by atoms with Gasteiger partial charge < -0.3 is 20.6 Å². The molecule has 21 heavy (non-hydrogen) atoms. The Morgan fingerprint density at radius 1 is 1.62 bits per heavy atom. The first-order valence-electron chi connectivity index (χ1n) is 6.56. The van der Waals surface area contributed by atoms with Gasteiger partial charge in [0.1, 0.15) is 5.69 Å². The second-order valence-electron chi connectivity index (χ2n) is 4.99. The highest BCUT2D eigenvalue weighted by Crippen LogP contribution is 2.32. The van der Waals surface area contributed by atoms with Crippen LogP contribution in [0.15, 0.2) is 23.4 Å². The van der Waals surface area contributed by atoms with Crippen molar-refractivity contribution in [3.05, 3.63) is 33.9 Å². The van der Waals surface area contributed by atoms with Gasteiger partial charge in [-0.1, -0.05) is 5.16 Å². The molecule has 8 nitrogen and oxygen atoms in total. The number of oxime groups is 1. The molecule has 1 aromatic rings. The van der Waals surface area contributed by atoms with Crippen LogP contribution in [0.3, 0.4) is 0 Å². The van der Waals surface area contributed by atoms with Gasteiger partial charge in [0.2, 0.25) is 0 Å². The van der Waals surface area contributed by atoms with Crippen LogP contribution >= 0.6 is 0 Å². The van der Waals surface area contributed by atoms with Gasteiger partial charge in [-0.25, -0.2) is 0 Å². The van der Waals surface area contributed by atoms with Gasteiger partial charge in [-0.05, 0) is 25.5 Å². The average molecular weight is 294 g/mol. The van der Waals surface area contributed by atoms with Crippen LogP contribution in [0.2, 0.25) is 0 Å². The van der Waals surface area contributed by atoms with Crippen LogP contribution in [-0.4, -0.2) is 41.8 Å². The Labute approximate surface area is 121 Å². The fourth-order valence-corrected chi connectivity index (χ4v) is 2.59. The van der Waals surface area contributed by atoms with Gasteiger partial charge in [0.15, 0.2) is 5.84 Å². The summed E-state index contributed by atoms with van der Waals surface area (Å²) in [6.45, 7) is 2.59. The fraction of sp³-hybridized carbons (Fsp3) is 0.462. The van der Waals surface area contributed by atoms with Gasteiger partial charge in [-0.15, -0.1) is 0 Å². The smallest absolute Gasteiger partial charge is 0.293 e. The average Bonchev–Trinajstić information content (AvgIpc) is 2.91. The second-order valence-corrected chi connectivity index (χ2v) is 4.99. The molecule has 0 amide bonds. The molecular weight excluding hydrogens is 276 g/mol. The van der Waals surface area contributed by atoms with E-state index in [9.17, 15) is 10.1 Å². The van der Waals surface area contributed by atoms with Crippen molar-refractivity contribution in [2.75, 3.05) is 18.6 Å². The third-order valence-corrected chi connectivity index (χ3v) is 3.79. The largest absolute Gasteiger partial charge is 0.409 e. The molecule has 1 saturated heterocycles. The topological polar surface area (TPSA) is 114 Å². The van der Waals surface area contributed by atoms with E-state index in [-0.39, 0.29) is 23.7 Å². The van der Waals surface area contributed by atoms with E-state index in [0.717, 1.165) is 6.42 Å². The molecule has 2 atom stereocenters. The van der Waals surface area contributed by atoms with Crippen LogP contribution < -0.4 is 10.6 Å². The Hall–Kier alpha value is -2.35. The number of nitro benzene ring substituents is 1. The van der Waals surface area contributed by atoms with E-state index in [0.29, 0.717) is 17.9 Å². The summed E-state index contributed by atoms with van der Waals surface area (Å²) < 4.78 is 5.50. The van der Waals surface area contributed by atoms with Crippen LogP contribution in [0.25, 0.3) is 0 Å². The number of nitrogens with zero attached hydrogens (tertiary/aromatic N) is 3. The van der Waals surface area contributed by atoms with Crippen molar-refractivity contribution < 1.29 is 14.9 Å². The molecule has 0 spiro atoms. The molecule has 0 radical (unpaired) electrons. The van der Waals surface area contributed by atoms with E-state index >= 15 is 0 Å². The van der Waals surface area contributed by atoms with Gasteiger partial charge >= 0.3 is 0 Å². The summed E-state index contributed by atoms with van der Waals surface area (Å²) >= 11 is 0. The summed E-state index contributed by atoms with van der Waals surface area (Å²) in [5.74, 6) is -0.162. The maximum atomic E-state index is 11.3. The number of anilines is 1. The number of benzene rings is 1. The third-order valence-electron chi connectivity index (χ3n) is 3.79. The Morgan fingerprint density at radius 3 is 2.86 bits per heavy atom. The van der Waals surface area contributed by atoms with Crippen molar-refractivity contribution in [1.82, 2.24) is 0 Å². The zero-order valence-corrected chi connectivity index (χ0v) is 11.9. The second kappa shape index (κ2) is 5.96. The van der Waals surface area contributed by atoms with Crippen LogP contribution in [0.1, 0.15) is 18.9 Å². The molecule has 8 heteroatoms. The maximum Gasteiger partial charge on any atom is 0.293 e. The minimum absolute atomic E-state index is 0.0124. The van der Waals surface area contributed by atoms with Gasteiger partial charge in [-0.3, -0.25) is 10.1 Å². The van der Waals surface area contributed by atoms with Gasteiger partial charge in [-0.2, -0.15) is 0 Å². The van der Waals surface area contributed by atoms with E-state index in [1.807, 2.05) is 11.8 Å². The number of ether oxygens (including phenoxy) is 1. The first-order valence-corrected chi connectivity index (χ1v) is 6.56. The Bertz CT molecular complexity index is 575. The van der Waals surface area contributed by atoms with Crippen LogP contribution in [0.4, 0.5) is 11.4 Å². The fourth-order valence-electron chi connectivity index (χ4n) is 2.59. The van der Waals surface area contributed by atoms with E-state index in [4.69, 9.17) is 15.7 Å². The molecule has 1 fully saturated rings. The van der Waals surface area contributed by atoms with Gasteiger partial charge in [0.25, 0.3) is 5.69 Å². The molecule has 1 aliphatic heterocycles. The SMILES string of the molecule is CC1OCCC1N(C)c1ccc(/C(N)=N/O)cc1[N+](=O)[O-]. The summed E-state index contributed by atoms with van der Waals surface area (Å²) in [7, 11) is 1.81. The van der Waals surface area contributed by atoms with Gasteiger partial charge in [0.05, 0.1) is 17.1 Å². The monoisotopic (exact) mass is 294 g/mol. The lowest BCUT2D eigenvalue weighted by molar-refractivity contribution is -0.384. The maximum absolute atomic E-state index is 11.3. The zero-order valence-electron chi connectivity index (χ0n) is 11.9. The summed E-state index contributed by atoms with van der Waals surface area (Å²) in [6, 6.07) is 4.59. The van der Waals surface area contributed by atoms with E-state index < -0.39 is 4.92 Å². The number of nitro groups is 1. The summed E-state index contributed by atoms with van der Waals surface area (Å²) in [4.78, 5) is 12.7. The third kappa shape index (κ3) is 2.89. The van der Waals surface area contributed by atoms with E-state index in [1.165, 1.54) is 6.07 Å².